The Morgan fingerprint density at radius 3 is 2.82 bits per heavy atom. The Hall–Kier alpha value is -1.18. The van der Waals surface area contributed by atoms with E-state index in [1.54, 1.807) is 19.3 Å². The first kappa shape index (κ1) is 7.92. The Morgan fingerprint density at radius 2 is 2.27 bits per heavy atom. The molecule has 58 valence electrons. The molecule has 0 unspecified atom stereocenters. The van der Waals surface area contributed by atoms with Crippen LogP contribution in [0.1, 0.15) is 29.8 Å². The highest BCUT2D eigenvalue weighted by molar-refractivity contribution is 5.93. The topological polar surface area (TPSA) is 30.0 Å². The molecule has 0 atom stereocenters. The fraction of sp³-hybridized carbons (Fsp3) is 0.333. The fourth-order valence-electron chi connectivity index (χ4n) is 0.873. The molecule has 0 saturated heterocycles. The molecule has 1 heterocycles. The van der Waals surface area contributed by atoms with Gasteiger partial charge in [0.05, 0.1) is 0 Å². The number of ketones is 1. The van der Waals surface area contributed by atoms with Gasteiger partial charge in [0.25, 0.3) is 0 Å². The molecule has 0 aromatic carbocycles. The molecule has 0 spiro atoms. The number of pyridine rings is 1. The van der Waals surface area contributed by atoms with Gasteiger partial charge in [-0.15, -0.1) is 0 Å². The number of nitrogens with zero attached hydrogens (tertiary/aromatic N) is 1. The van der Waals surface area contributed by atoms with Gasteiger partial charge in [0, 0.05) is 18.0 Å². The van der Waals surface area contributed by atoms with Crippen LogP contribution in [-0.4, -0.2) is 10.8 Å². The van der Waals surface area contributed by atoms with Crippen molar-refractivity contribution in [3.8, 4) is 0 Å². The first-order chi connectivity index (χ1) is 5.24. The zero-order valence-electron chi connectivity index (χ0n) is 6.79. The van der Waals surface area contributed by atoms with Crippen LogP contribution in [0.4, 0.5) is 0 Å². The Morgan fingerprint density at radius 1 is 1.55 bits per heavy atom. The minimum Gasteiger partial charge on any atom is -0.294 e. The summed E-state index contributed by atoms with van der Waals surface area (Å²) in [5.74, 6) is 0.0767. The van der Waals surface area contributed by atoms with E-state index in [1.807, 2.05) is 13.0 Å². The van der Waals surface area contributed by atoms with Gasteiger partial charge in [0.1, 0.15) is 0 Å². The number of hydrogen-bond acceptors (Lipinski definition) is 2. The lowest BCUT2D eigenvalue weighted by molar-refractivity contribution is 0.101. The number of rotatable bonds is 2. The summed E-state index contributed by atoms with van der Waals surface area (Å²) in [5, 5.41) is 0. The summed E-state index contributed by atoms with van der Waals surface area (Å²) in [7, 11) is 0. The van der Waals surface area contributed by atoms with Gasteiger partial charge in [-0.2, -0.15) is 0 Å². The third-order valence-corrected chi connectivity index (χ3v) is 1.61. The Kier molecular flexibility index (Phi) is 2.36. The van der Waals surface area contributed by atoms with E-state index in [1.165, 1.54) is 0 Å². The average Bonchev–Trinajstić information content (AvgIpc) is 2.05. The lowest BCUT2D eigenvalue weighted by Crippen LogP contribution is -1.94. The van der Waals surface area contributed by atoms with E-state index >= 15 is 0 Å². The van der Waals surface area contributed by atoms with Gasteiger partial charge in [-0.1, -0.05) is 6.92 Å². The first-order valence-electron chi connectivity index (χ1n) is 3.69. The molecular weight excluding hydrogens is 138 g/mol. The van der Waals surface area contributed by atoms with Crippen molar-refractivity contribution in [2.75, 3.05) is 0 Å². The fourth-order valence-corrected chi connectivity index (χ4v) is 0.873. The molecule has 0 radical (unpaired) electrons. The van der Waals surface area contributed by atoms with Crippen molar-refractivity contribution in [1.82, 2.24) is 4.98 Å². The Balaban J connectivity index is 3.01. The summed E-state index contributed by atoms with van der Waals surface area (Å²) >= 11 is 0. The Labute approximate surface area is 66.3 Å². The minimum absolute atomic E-state index is 0.0767. The molecule has 1 aromatic rings. The first-order valence-corrected chi connectivity index (χ1v) is 3.69. The van der Waals surface area contributed by atoms with Gasteiger partial charge in [0.2, 0.25) is 0 Å². The van der Waals surface area contributed by atoms with E-state index in [0.29, 0.717) is 5.56 Å². The van der Waals surface area contributed by atoms with Gasteiger partial charge >= 0.3 is 0 Å². The number of aromatic nitrogens is 1. The average molecular weight is 149 g/mol. The summed E-state index contributed by atoms with van der Waals surface area (Å²) < 4.78 is 0. The second-order valence-electron chi connectivity index (χ2n) is 2.49. The standard InChI is InChI=1S/C9H11NO/c1-3-8-4-9(7(2)11)6-10-5-8/h4-6H,3H2,1-2H3. The molecule has 0 aliphatic rings. The van der Waals surface area contributed by atoms with Crippen molar-refractivity contribution in [2.24, 2.45) is 0 Å². The zero-order chi connectivity index (χ0) is 8.27. The third-order valence-electron chi connectivity index (χ3n) is 1.61. The molecule has 0 aliphatic carbocycles. The van der Waals surface area contributed by atoms with E-state index in [9.17, 15) is 4.79 Å². The molecule has 0 bridgehead atoms. The summed E-state index contributed by atoms with van der Waals surface area (Å²) in [5.41, 5.74) is 1.81. The van der Waals surface area contributed by atoms with Gasteiger partial charge in [-0.3, -0.25) is 9.78 Å². The molecule has 2 nitrogen and oxygen atoms in total. The summed E-state index contributed by atoms with van der Waals surface area (Å²) in [4.78, 5) is 14.8. The maximum absolute atomic E-state index is 10.9. The number of hydrogen-bond donors (Lipinski definition) is 0. The van der Waals surface area contributed by atoms with Crippen molar-refractivity contribution in [3.63, 3.8) is 0 Å². The largest absolute Gasteiger partial charge is 0.294 e. The van der Waals surface area contributed by atoms with E-state index < -0.39 is 0 Å². The molecule has 2 heteroatoms. The van der Waals surface area contributed by atoms with Crippen LogP contribution in [0.3, 0.4) is 0 Å². The molecule has 0 amide bonds. The van der Waals surface area contributed by atoms with Crippen LogP contribution in [0, 0.1) is 0 Å². The maximum atomic E-state index is 10.9. The van der Waals surface area contributed by atoms with Crippen LogP contribution in [0.15, 0.2) is 18.5 Å². The SMILES string of the molecule is CCc1cncc(C(C)=O)c1. The molecule has 11 heavy (non-hydrogen) atoms. The third kappa shape index (κ3) is 1.87. The van der Waals surface area contributed by atoms with Crippen LogP contribution in [-0.2, 0) is 6.42 Å². The van der Waals surface area contributed by atoms with E-state index in [2.05, 4.69) is 4.98 Å². The van der Waals surface area contributed by atoms with Crippen LogP contribution in [0.25, 0.3) is 0 Å². The molecular formula is C9H11NO. The van der Waals surface area contributed by atoms with Crippen molar-refractivity contribution >= 4 is 5.78 Å². The molecule has 0 aliphatic heterocycles. The summed E-state index contributed by atoms with van der Waals surface area (Å²) in [6, 6.07) is 1.88. The molecule has 0 saturated carbocycles. The molecule has 0 fully saturated rings. The van der Waals surface area contributed by atoms with Crippen LogP contribution < -0.4 is 0 Å². The van der Waals surface area contributed by atoms with Crippen molar-refractivity contribution < 1.29 is 4.79 Å². The second-order valence-corrected chi connectivity index (χ2v) is 2.49. The van der Waals surface area contributed by atoms with Crippen molar-refractivity contribution in [1.29, 1.82) is 0 Å². The van der Waals surface area contributed by atoms with Gasteiger partial charge < -0.3 is 0 Å². The highest BCUT2D eigenvalue weighted by Gasteiger charge is 1.98. The molecule has 0 N–H and O–H groups in total. The lowest BCUT2D eigenvalue weighted by Gasteiger charge is -1.97. The zero-order valence-corrected chi connectivity index (χ0v) is 6.79. The maximum Gasteiger partial charge on any atom is 0.161 e. The van der Waals surface area contributed by atoms with Gasteiger partial charge in [0.15, 0.2) is 5.78 Å². The quantitative estimate of drug-likeness (QED) is 0.600. The van der Waals surface area contributed by atoms with E-state index in [-0.39, 0.29) is 5.78 Å². The van der Waals surface area contributed by atoms with E-state index in [4.69, 9.17) is 0 Å². The number of carbonyl (C=O) groups is 1. The lowest BCUT2D eigenvalue weighted by atomic mass is 10.1. The van der Waals surface area contributed by atoms with Gasteiger partial charge in [-0.25, -0.2) is 0 Å². The normalized spacial score (nSPS) is 9.64. The number of Topliss-reactive ketones (excluding diaryl/α,β-unsaturated/α-hetero) is 1. The van der Waals surface area contributed by atoms with Crippen molar-refractivity contribution in [2.45, 2.75) is 20.3 Å². The highest BCUT2D eigenvalue weighted by Crippen LogP contribution is 2.03. The van der Waals surface area contributed by atoms with Crippen LogP contribution in [0.2, 0.25) is 0 Å². The minimum atomic E-state index is 0.0767. The predicted octanol–water partition coefficient (Wildman–Crippen LogP) is 1.85. The number of aryl methyl sites for hydroxylation is 1. The molecule has 1 aromatic heterocycles. The summed E-state index contributed by atoms with van der Waals surface area (Å²) in [6.07, 6.45) is 4.31. The van der Waals surface area contributed by atoms with E-state index in [0.717, 1.165) is 12.0 Å². The smallest absolute Gasteiger partial charge is 0.161 e. The summed E-state index contributed by atoms with van der Waals surface area (Å²) in [6.45, 7) is 3.59. The second kappa shape index (κ2) is 3.28. The van der Waals surface area contributed by atoms with Gasteiger partial charge in [-0.05, 0) is 25.0 Å². The Bertz CT molecular complexity index is 268. The molecule has 1 rings (SSSR count). The van der Waals surface area contributed by atoms with Crippen LogP contribution >= 0.6 is 0 Å². The monoisotopic (exact) mass is 149 g/mol. The number of carbonyl (C=O) groups excluding carboxylic acids is 1. The predicted molar refractivity (Wildman–Crippen MR) is 43.6 cm³/mol. The highest BCUT2D eigenvalue weighted by atomic mass is 16.1. The van der Waals surface area contributed by atoms with Crippen molar-refractivity contribution in [3.05, 3.63) is 29.6 Å². The van der Waals surface area contributed by atoms with Crippen LogP contribution in [0.5, 0.6) is 0 Å².